The molecule has 5 rings (SSSR count). The Morgan fingerprint density at radius 3 is 2.76 bits per heavy atom. The lowest BCUT2D eigenvalue weighted by atomic mass is 9.90. The van der Waals surface area contributed by atoms with Gasteiger partial charge in [-0.05, 0) is 32.3 Å². The van der Waals surface area contributed by atoms with Gasteiger partial charge in [-0.15, -0.1) is 5.10 Å². The van der Waals surface area contributed by atoms with Crippen LogP contribution in [0.3, 0.4) is 0 Å². The molecule has 4 aromatic rings. The maximum Gasteiger partial charge on any atom is 0.223 e. The molecule has 1 saturated heterocycles. The first-order chi connectivity index (χ1) is 16.2. The summed E-state index contributed by atoms with van der Waals surface area (Å²) in [5.74, 6) is 0.901. The van der Waals surface area contributed by atoms with E-state index in [1.165, 1.54) is 23.8 Å². The monoisotopic (exact) mass is 468 g/mol. The van der Waals surface area contributed by atoms with Crippen molar-refractivity contribution in [2.45, 2.75) is 45.3 Å². The highest BCUT2D eigenvalue weighted by Gasteiger charge is 2.30. The van der Waals surface area contributed by atoms with Crippen LogP contribution in [-0.4, -0.2) is 60.8 Å². The first-order valence-corrected chi connectivity index (χ1v) is 11.4. The zero-order valence-corrected chi connectivity index (χ0v) is 19.7. The van der Waals surface area contributed by atoms with Gasteiger partial charge in [-0.25, -0.2) is 14.4 Å². The van der Waals surface area contributed by atoms with E-state index in [0.29, 0.717) is 34.8 Å². The lowest BCUT2D eigenvalue weighted by Gasteiger charge is -2.36. The largest absolute Gasteiger partial charge is 0.494 e. The summed E-state index contributed by atoms with van der Waals surface area (Å²) in [4.78, 5) is 11.4. The van der Waals surface area contributed by atoms with Crippen LogP contribution >= 0.6 is 0 Å². The van der Waals surface area contributed by atoms with Crippen molar-refractivity contribution in [2.75, 3.05) is 30.8 Å². The Morgan fingerprint density at radius 1 is 1.24 bits per heavy atom. The number of nitrogen functional groups attached to an aromatic ring is 1. The number of nitrogens with zero attached hydrogens (tertiary/aromatic N) is 7. The van der Waals surface area contributed by atoms with Crippen molar-refractivity contribution in [1.29, 1.82) is 0 Å². The van der Waals surface area contributed by atoms with E-state index >= 15 is 0 Å². The lowest BCUT2D eigenvalue weighted by molar-refractivity contribution is 0.132. The number of rotatable bonds is 5. The molecule has 3 N–H and O–H groups in total. The molecule has 34 heavy (non-hydrogen) atoms. The number of halogens is 1. The van der Waals surface area contributed by atoms with Gasteiger partial charge in [-0.1, -0.05) is 6.92 Å². The molecule has 1 aliphatic heterocycles. The Kier molecular flexibility index (Phi) is 5.51. The minimum Gasteiger partial charge on any atom is -0.494 e. The summed E-state index contributed by atoms with van der Waals surface area (Å²) >= 11 is 0. The van der Waals surface area contributed by atoms with Gasteiger partial charge in [0.2, 0.25) is 5.95 Å². The summed E-state index contributed by atoms with van der Waals surface area (Å²) in [6, 6.07) is 2.77. The number of aromatic nitrogens is 6. The van der Waals surface area contributed by atoms with E-state index in [1.54, 1.807) is 11.6 Å². The van der Waals surface area contributed by atoms with E-state index in [4.69, 9.17) is 15.5 Å². The number of ether oxygens (including phenoxy) is 1. The second-order valence-electron chi connectivity index (χ2n) is 9.28. The van der Waals surface area contributed by atoms with Crippen LogP contribution in [0.15, 0.2) is 24.5 Å². The predicted molar refractivity (Wildman–Crippen MR) is 127 cm³/mol. The SMILES string of the molecule is COc1cc2nc(N)n3nc([C@H]4C[C@@H](C)CN(c5cnn([C@H](C)[C@@H](C)O)c5)C4)nc3c2cc1F. The summed E-state index contributed by atoms with van der Waals surface area (Å²) in [6.45, 7) is 7.49. The van der Waals surface area contributed by atoms with Crippen molar-refractivity contribution in [3.05, 3.63) is 36.2 Å². The third-order valence-corrected chi connectivity index (χ3v) is 6.68. The molecule has 0 radical (unpaired) electrons. The smallest absolute Gasteiger partial charge is 0.223 e. The van der Waals surface area contributed by atoms with Gasteiger partial charge in [-0.3, -0.25) is 4.68 Å². The van der Waals surface area contributed by atoms with Gasteiger partial charge in [-0.2, -0.15) is 9.61 Å². The minimum absolute atomic E-state index is 0.0544. The number of aliphatic hydroxyl groups excluding tert-OH is 1. The molecule has 0 saturated carbocycles. The first-order valence-electron chi connectivity index (χ1n) is 11.4. The molecule has 1 fully saturated rings. The summed E-state index contributed by atoms with van der Waals surface area (Å²) < 4.78 is 22.8. The Morgan fingerprint density at radius 2 is 2.03 bits per heavy atom. The van der Waals surface area contributed by atoms with Gasteiger partial charge >= 0.3 is 0 Å². The second kappa shape index (κ2) is 8.39. The van der Waals surface area contributed by atoms with Crippen molar-refractivity contribution in [1.82, 2.24) is 29.4 Å². The highest BCUT2D eigenvalue weighted by atomic mass is 19.1. The van der Waals surface area contributed by atoms with E-state index in [9.17, 15) is 9.50 Å². The molecule has 0 spiro atoms. The van der Waals surface area contributed by atoms with Gasteiger partial charge in [0.1, 0.15) is 0 Å². The fourth-order valence-corrected chi connectivity index (χ4v) is 4.66. The number of anilines is 2. The number of nitrogens with two attached hydrogens (primary N) is 1. The third kappa shape index (κ3) is 3.79. The van der Waals surface area contributed by atoms with E-state index in [0.717, 1.165) is 18.7 Å². The predicted octanol–water partition coefficient (Wildman–Crippen LogP) is 2.78. The van der Waals surface area contributed by atoms with Crippen LogP contribution in [0.1, 0.15) is 45.0 Å². The number of fused-ring (bicyclic) bond motifs is 3. The number of piperidine rings is 1. The second-order valence-corrected chi connectivity index (χ2v) is 9.28. The normalized spacial score (nSPS) is 20.7. The van der Waals surface area contributed by atoms with E-state index in [-0.39, 0.29) is 23.7 Å². The third-order valence-electron chi connectivity index (χ3n) is 6.68. The number of methoxy groups -OCH3 is 1. The zero-order valence-electron chi connectivity index (χ0n) is 19.7. The summed E-state index contributed by atoms with van der Waals surface area (Å²) in [5, 5.41) is 19.5. The topological polar surface area (TPSA) is 120 Å². The van der Waals surface area contributed by atoms with Gasteiger partial charge in [0.05, 0.1) is 36.7 Å². The van der Waals surface area contributed by atoms with Crippen molar-refractivity contribution in [2.24, 2.45) is 5.92 Å². The first kappa shape index (κ1) is 22.3. The molecule has 10 nitrogen and oxygen atoms in total. The van der Waals surface area contributed by atoms with Gasteiger partial charge < -0.3 is 20.5 Å². The molecule has 0 aliphatic carbocycles. The highest BCUT2D eigenvalue weighted by Crippen LogP contribution is 2.33. The summed E-state index contributed by atoms with van der Waals surface area (Å²) in [7, 11) is 1.41. The fraction of sp³-hybridized carbons (Fsp3) is 0.478. The van der Waals surface area contributed by atoms with Crippen molar-refractivity contribution in [3.8, 4) is 5.75 Å². The molecule has 0 bridgehead atoms. The standard InChI is InChI=1S/C23H29FN8O2/c1-12-5-15(10-30(9-12)16-8-26-31(11-16)13(2)14(3)33)21-28-22-17-6-18(24)20(34-4)7-19(17)27-23(25)32(22)29-21/h6-8,11-15,33H,5,9-10H2,1-4H3,(H2,25,27)/t12-,13-,14-,15+/m1/s1. The quantitative estimate of drug-likeness (QED) is 0.459. The highest BCUT2D eigenvalue weighted by molar-refractivity contribution is 5.93. The van der Waals surface area contributed by atoms with Crippen LogP contribution in [0.4, 0.5) is 16.0 Å². The Balaban J connectivity index is 1.50. The van der Waals surface area contributed by atoms with Crippen molar-refractivity contribution < 1.29 is 14.2 Å². The molecule has 4 heterocycles. The summed E-state index contributed by atoms with van der Waals surface area (Å²) in [6.07, 6.45) is 4.21. The molecule has 3 aromatic heterocycles. The van der Waals surface area contributed by atoms with Crippen LogP contribution in [0.5, 0.6) is 5.75 Å². The van der Waals surface area contributed by atoms with Gasteiger partial charge in [0, 0.05) is 36.7 Å². The van der Waals surface area contributed by atoms with E-state index in [1.807, 2.05) is 19.3 Å². The maximum atomic E-state index is 14.4. The van der Waals surface area contributed by atoms with Crippen molar-refractivity contribution in [3.63, 3.8) is 0 Å². The van der Waals surface area contributed by atoms with Crippen LogP contribution in [-0.2, 0) is 0 Å². The number of aliphatic hydroxyl groups is 1. The molecule has 1 aromatic carbocycles. The number of hydrogen-bond acceptors (Lipinski definition) is 8. The zero-order chi connectivity index (χ0) is 24.1. The fourth-order valence-electron chi connectivity index (χ4n) is 4.66. The molecule has 11 heteroatoms. The molecule has 0 unspecified atom stereocenters. The van der Waals surface area contributed by atoms with Gasteiger partial charge in [0.15, 0.2) is 23.0 Å². The Bertz CT molecular complexity index is 1350. The molecule has 4 atom stereocenters. The van der Waals surface area contributed by atoms with E-state index < -0.39 is 11.9 Å². The average Bonchev–Trinajstić information content (AvgIpc) is 3.47. The number of hydrogen-bond donors (Lipinski definition) is 2. The molecular weight excluding hydrogens is 439 g/mol. The van der Waals surface area contributed by atoms with Gasteiger partial charge in [0.25, 0.3) is 0 Å². The van der Waals surface area contributed by atoms with Crippen molar-refractivity contribution >= 4 is 28.2 Å². The Hall–Kier alpha value is -3.47. The number of benzene rings is 1. The van der Waals surface area contributed by atoms with Crippen LogP contribution < -0.4 is 15.4 Å². The summed E-state index contributed by atoms with van der Waals surface area (Å²) in [5.41, 5.74) is 8.14. The van der Waals surface area contributed by atoms with Crippen LogP contribution in [0.2, 0.25) is 0 Å². The minimum atomic E-state index is -0.498. The average molecular weight is 469 g/mol. The lowest BCUT2D eigenvalue weighted by Crippen LogP contribution is -2.39. The maximum absolute atomic E-state index is 14.4. The molecular formula is C23H29FN8O2. The molecule has 0 amide bonds. The van der Waals surface area contributed by atoms with Crippen LogP contribution in [0, 0.1) is 11.7 Å². The molecule has 180 valence electrons. The van der Waals surface area contributed by atoms with Crippen LogP contribution in [0.25, 0.3) is 16.6 Å². The molecule has 1 aliphatic rings. The van der Waals surface area contributed by atoms with E-state index in [2.05, 4.69) is 27.0 Å². The Labute approximate surface area is 196 Å².